The number of nitrogens with two attached hydrogens (primary N) is 1. The number of hydrogen-bond donors (Lipinski definition) is 1. The van der Waals surface area contributed by atoms with Crippen LogP contribution in [0.1, 0.15) is 34.3 Å². The Bertz CT molecular complexity index is 451. The third-order valence-electron chi connectivity index (χ3n) is 3.26. The van der Waals surface area contributed by atoms with Crippen molar-refractivity contribution in [1.82, 2.24) is 0 Å². The lowest BCUT2D eigenvalue weighted by molar-refractivity contribution is 0.0161. The van der Waals surface area contributed by atoms with Gasteiger partial charge in [0, 0.05) is 12.3 Å². The van der Waals surface area contributed by atoms with E-state index in [1.165, 1.54) is 0 Å². The number of esters is 1. The summed E-state index contributed by atoms with van der Waals surface area (Å²) in [5, 5.41) is 0. The number of benzene rings is 1. The maximum atomic E-state index is 12.0. The Hall–Kier alpha value is -1.55. The first-order valence-electron chi connectivity index (χ1n) is 6.23. The molecular weight excluding hydrogens is 230 g/mol. The van der Waals surface area contributed by atoms with Gasteiger partial charge in [-0.25, -0.2) is 4.79 Å². The number of carbonyl (C=O) groups is 1. The van der Waals surface area contributed by atoms with Gasteiger partial charge in [0.2, 0.25) is 0 Å². The van der Waals surface area contributed by atoms with Crippen LogP contribution in [0.5, 0.6) is 0 Å². The van der Waals surface area contributed by atoms with E-state index in [1.807, 2.05) is 19.9 Å². The molecule has 1 aliphatic rings. The largest absolute Gasteiger partial charge is 0.459 e. The molecule has 2 rings (SSSR count). The highest BCUT2D eigenvalue weighted by Gasteiger charge is 2.19. The maximum absolute atomic E-state index is 12.0. The average molecular weight is 249 g/mol. The van der Waals surface area contributed by atoms with Gasteiger partial charge in [0.05, 0.1) is 11.7 Å². The van der Waals surface area contributed by atoms with Gasteiger partial charge < -0.3 is 15.2 Å². The molecule has 0 radical (unpaired) electrons. The molecule has 1 aromatic carbocycles. The van der Waals surface area contributed by atoms with E-state index in [4.69, 9.17) is 15.2 Å². The summed E-state index contributed by atoms with van der Waals surface area (Å²) in [6.07, 6.45) is 2.05. The zero-order valence-corrected chi connectivity index (χ0v) is 10.9. The highest BCUT2D eigenvalue weighted by Crippen LogP contribution is 2.19. The van der Waals surface area contributed by atoms with E-state index < -0.39 is 0 Å². The molecule has 1 unspecified atom stereocenters. The zero-order valence-electron chi connectivity index (χ0n) is 10.9. The maximum Gasteiger partial charge on any atom is 0.338 e. The summed E-state index contributed by atoms with van der Waals surface area (Å²) >= 11 is 0. The van der Waals surface area contributed by atoms with Gasteiger partial charge in [-0.15, -0.1) is 0 Å². The van der Waals surface area contributed by atoms with Crippen molar-refractivity contribution in [2.45, 2.75) is 32.8 Å². The van der Waals surface area contributed by atoms with Crippen LogP contribution < -0.4 is 5.73 Å². The van der Waals surface area contributed by atoms with Crippen molar-refractivity contribution in [2.24, 2.45) is 0 Å². The molecule has 18 heavy (non-hydrogen) atoms. The van der Waals surface area contributed by atoms with E-state index in [2.05, 4.69) is 0 Å². The van der Waals surface area contributed by atoms with Gasteiger partial charge in [0.1, 0.15) is 6.61 Å². The van der Waals surface area contributed by atoms with Gasteiger partial charge in [0.15, 0.2) is 0 Å². The molecule has 1 saturated heterocycles. The minimum Gasteiger partial charge on any atom is -0.459 e. The lowest BCUT2D eigenvalue weighted by atomic mass is 10.0. The minimum atomic E-state index is -0.324. The molecule has 0 spiro atoms. The van der Waals surface area contributed by atoms with Crippen molar-refractivity contribution in [2.75, 3.05) is 18.9 Å². The summed E-state index contributed by atoms with van der Waals surface area (Å²) < 4.78 is 10.7. The standard InChI is InChI=1S/C14H19NO3/c1-9-6-10(2)13(15)7-12(9)14(16)18-8-11-4-3-5-17-11/h6-7,11H,3-5,8,15H2,1-2H3. The lowest BCUT2D eigenvalue weighted by Gasteiger charge is -2.12. The Labute approximate surface area is 107 Å². The average Bonchev–Trinajstić information content (AvgIpc) is 2.84. The SMILES string of the molecule is Cc1cc(C)c(C(=O)OCC2CCCO2)cc1N. The van der Waals surface area contributed by atoms with Crippen LogP contribution >= 0.6 is 0 Å². The van der Waals surface area contributed by atoms with Gasteiger partial charge in [0.25, 0.3) is 0 Å². The van der Waals surface area contributed by atoms with Gasteiger partial charge in [-0.2, -0.15) is 0 Å². The number of ether oxygens (including phenoxy) is 2. The molecule has 0 amide bonds. The summed E-state index contributed by atoms with van der Waals surface area (Å²) in [6.45, 7) is 4.89. The summed E-state index contributed by atoms with van der Waals surface area (Å²) in [5.41, 5.74) is 8.83. The normalized spacial score (nSPS) is 18.9. The molecule has 1 heterocycles. The number of anilines is 1. The van der Waals surface area contributed by atoms with Crippen molar-refractivity contribution in [1.29, 1.82) is 0 Å². The second-order valence-electron chi connectivity index (χ2n) is 4.76. The first-order valence-corrected chi connectivity index (χ1v) is 6.23. The topological polar surface area (TPSA) is 61.5 Å². The Morgan fingerprint density at radius 3 is 2.89 bits per heavy atom. The minimum absolute atomic E-state index is 0.0528. The first kappa shape index (κ1) is 12.9. The summed E-state index contributed by atoms with van der Waals surface area (Å²) in [6, 6.07) is 3.58. The Balaban J connectivity index is 2.01. The van der Waals surface area contributed by atoms with Crippen LogP contribution in [0.3, 0.4) is 0 Å². The van der Waals surface area contributed by atoms with Crippen LogP contribution in [0.2, 0.25) is 0 Å². The van der Waals surface area contributed by atoms with E-state index in [-0.39, 0.29) is 12.1 Å². The van der Waals surface area contributed by atoms with Gasteiger partial charge >= 0.3 is 5.97 Å². The fraction of sp³-hybridized carbons (Fsp3) is 0.500. The predicted octanol–water partition coefficient (Wildman–Crippen LogP) is 2.22. The molecule has 4 nitrogen and oxygen atoms in total. The van der Waals surface area contributed by atoms with Gasteiger partial charge in [-0.1, -0.05) is 6.07 Å². The molecule has 4 heteroatoms. The van der Waals surface area contributed by atoms with Crippen molar-refractivity contribution < 1.29 is 14.3 Å². The van der Waals surface area contributed by atoms with Crippen LogP contribution in [-0.4, -0.2) is 25.3 Å². The highest BCUT2D eigenvalue weighted by atomic mass is 16.6. The van der Waals surface area contributed by atoms with E-state index in [9.17, 15) is 4.79 Å². The van der Waals surface area contributed by atoms with Gasteiger partial charge in [-0.3, -0.25) is 0 Å². The predicted molar refractivity (Wildman–Crippen MR) is 69.6 cm³/mol. The zero-order chi connectivity index (χ0) is 13.1. The molecule has 98 valence electrons. The second kappa shape index (κ2) is 5.40. The molecule has 2 N–H and O–H groups in total. The van der Waals surface area contributed by atoms with Crippen LogP contribution in [0, 0.1) is 13.8 Å². The number of hydrogen-bond acceptors (Lipinski definition) is 4. The molecule has 1 aromatic rings. The smallest absolute Gasteiger partial charge is 0.338 e. The molecule has 1 fully saturated rings. The van der Waals surface area contributed by atoms with E-state index in [0.29, 0.717) is 17.9 Å². The Kier molecular flexibility index (Phi) is 3.87. The Morgan fingerprint density at radius 1 is 1.44 bits per heavy atom. The van der Waals surface area contributed by atoms with Crippen LogP contribution in [-0.2, 0) is 9.47 Å². The van der Waals surface area contributed by atoms with Crippen molar-refractivity contribution in [3.05, 3.63) is 28.8 Å². The molecule has 0 saturated carbocycles. The van der Waals surface area contributed by atoms with Crippen molar-refractivity contribution in [3.63, 3.8) is 0 Å². The number of rotatable bonds is 3. The molecule has 1 aliphatic heterocycles. The summed E-state index contributed by atoms with van der Waals surface area (Å²) in [4.78, 5) is 12.0. The first-order chi connectivity index (χ1) is 8.58. The number of nitrogen functional groups attached to an aromatic ring is 1. The highest BCUT2D eigenvalue weighted by molar-refractivity contribution is 5.92. The van der Waals surface area contributed by atoms with Gasteiger partial charge in [-0.05, 0) is 43.9 Å². The monoisotopic (exact) mass is 249 g/mol. The molecule has 1 atom stereocenters. The van der Waals surface area contributed by atoms with Crippen molar-refractivity contribution >= 4 is 11.7 Å². The quantitative estimate of drug-likeness (QED) is 0.659. The van der Waals surface area contributed by atoms with Crippen molar-refractivity contribution in [3.8, 4) is 0 Å². The summed E-state index contributed by atoms with van der Waals surface area (Å²) in [7, 11) is 0. The second-order valence-corrected chi connectivity index (χ2v) is 4.76. The van der Waals surface area contributed by atoms with Crippen LogP contribution in [0.25, 0.3) is 0 Å². The fourth-order valence-corrected chi connectivity index (χ4v) is 2.11. The number of aryl methyl sites for hydroxylation is 2. The molecule has 0 aliphatic carbocycles. The van der Waals surface area contributed by atoms with Crippen LogP contribution in [0.4, 0.5) is 5.69 Å². The third kappa shape index (κ3) is 2.82. The third-order valence-corrected chi connectivity index (χ3v) is 3.26. The number of carbonyl (C=O) groups excluding carboxylic acids is 1. The van der Waals surface area contributed by atoms with E-state index in [1.54, 1.807) is 6.07 Å². The summed E-state index contributed by atoms with van der Waals surface area (Å²) in [5.74, 6) is -0.324. The molecule has 0 bridgehead atoms. The van der Waals surface area contributed by atoms with E-state index >= 15 is 0 Å². The Morgan fingerprint density at radius 2 is 2.22 bits per heavy atom. The fourth-order valence-electron chi connectivity index (χ4n) is 2.11. The van der Waals surface area contributed by atoms with Crippen LogP contribution in [0.15, 0.2) is 12.1 Å². The molecule has 0 aromatic heterocycles. The molecular formula is C14H19NO3. The van der Waals surface area contributed by atoms with E-state index in [0.717, 1.165) is 30.6 Å². The lowest BCUT2D eigenvalue weighted by Crippen LogP contribution is -2.18.